The molecule has 0 amide bonds. The van der Waals surface area contributed by atoms with Gasteiger partial charge in [0.1, 0.15) is 0 Å². The summed E-state index contributed by atoms with van der Waals surface area (Å²) in [6.07, 6.45) is 23.9. The van der Waals surface area contributed by atoms with E-state index in [0.717, 1.165) is 6.42 Å². The molecule has 0 aliphatic carbocycles. The third-order valence-corrected chi connectivity index (χ3v) is 1.83. The van der Waals surface area contributed by atoms with Crippen LogP contribution in [-0.2, 0) is 4.79 Å². The van der Waals surface area contributed by atoms with Gasteiger partial charge in [-0.2, -0.15) is 0 Å². The fourth-order valence-electron chi connectivity index (χ4n) is 1.01. The van der Waals surface area contributed by atoms with Crippen LogP contribution in [-0.4, -0.2) is 11.1 Å². The molecule has 0 aromatic heterocycles. The van der Waals surface area contributed by atoms with Crippen molar-refractivity contribution in [1.29, 1.82) is 0 Å². The van der Waals surface area contributed by atoms with Gasteiger partial charge in [-0.1, -0.05) is 72.9 Å². The van der Waals surface area contributed by atoms with Crippen LogP contribution in [0.5, 0.6) is 0 Å². The zero-order valence-electron chi connectivity index (χ0n) is 10.7. The quantitative estimate of drug-likeness (QED) is 0.649. The van der Waals surface area contributed by atoms with Gasteiger partial charge in [0.15, 0.2) is 0 Å². The van der Waals surface area contributed by atoms with E-state index in [2.05, 4.69) is 6.08 Å². The normalized spacial score (nSPS) is 13.4. The average molecular weight is 244 g/mol. The first-order valence-electron chi connectivity index (χ1n) is 5.92. The third kappa shape index (κ3) is 13.9. The molecule has 0 aliphatic heterocycles. The van der Waals surface area contributed by atoms with E-state index in [1.807, 2.05) is 61.6 Å². The fourth-order valence-corrected chi connectivity index (χ4v) is 1.01. The highest BCUT2D eigenvalue weighted by atomic mass is 16.4. The van der Waals surface area contributed by atoms with Crippen molar-refractivity contribution >= 4 is 5.97 Å². The summed E-state index contributed by atoms with van der Waals surface area (Å²) in [6.45, 7) is 1.98. The molecule has 0 saturated carbocycles. The lowest BCUT2D eigenvalue weighted by Gasteiger charge is -1.80. The van der Waals surface area contributed by atoms with Gasteiger partial charge in [-0.3, -0.25) is 4.79 Å². The van der Waals surface area contributed by atoms with Crippen LogP contribution < -0.4 is 0 Å². The second-order valence-electron chi connectivity index (χ2n) is 3.41. The van der Waals surface area contributed by atoms with Gasteiger partial charge in [-0.05, 0) is 13.3 Å². The van der Waals surface area contributed by atoms with Gasteiger partial charge in [-0.25, -0.2) is 0 Å². The van der Waals surface area contributed by atoms with Crippen molar-refractivity contribution in [3.63, 3.8) is 0 Å². The summed E-state index contributed by atoms with van der Waals surface area (Å²) in [7, 11) is 0. The topological polar surface area (TPSA) is 37.3 Å². The molecular weight excluding hydrogens is 224 g/mol. The van der Waals surface area contributed by atoms with Gasteiger partial charge >= 0.3 is 5.97 Å². The lowest BCUT2D eigenvalue weighted by molar-refractivity contribution is -0.135. The van der Waals surface area contributed by atoms with Crippen LogP contribution >= 0.6 is 0 Å². The van der Waals surface area contributed by atoms with E-state index in [4.69, 9.17) is 5.11 Å². The van der Waals surface area contributed by atoms with E-state index >= 15 is 0 Å². The minimum absolute atomic E-state index is 0.0648. The van der Waals surface area contributed by atoms with Crippen LogP contribution in [0.3, 0.4) is 0 Å². The molecule has 0 aromatic carbocycles. The smallest absolute Gasteiger partial charge is 0.307 e. The first-order chi connectivity index (χ1) is 8.77. The molecule has 0 saturated heterocycles. The van der Waals surface area contributed by atoms with Crippen molar-refractivity contribution in [3.05, 3.63) is 72.9 Å². The Morgan fingerprint density at radius 2 is 1.33 bits per heavy atom. The van der Waals surface area contributed by atoms with Gasteiger partial charge in [-0.15, -0.1) is 0 Å². The van der Waals surface area contributed by atoms with Crippen molar-refractivity contribution in [2.24, 2.45) is 0 Å². The molecule has 1 N–H and O–H groups in total. The summed E-state index contributed by atoms with van der Waals surface area (Å²) in [4.78, 5) is 10.2. The van der Waals surface area contributed by atoms with Gasteiger partial charge in [0, 0.05) is 0 Å². The predicted octanol–water partition coefficient (Wildman–Crippen LogP) is 4.21. The molecule has 0 spiro atoms. The van der Waals surface area contributed by atoms with E-state index in [-0.39, 0.29) is 6.42 Å². The largest absolute Gasteiger partial charge is 0.481 e. The molecule has 0 rings (SSSR count). The Bertz CT molecular complexity index is 380. The number of hydrogen-bond acceptors (Lipinski definition) is 1. The summed E-state index contributed by atoms with van der Waals surface area (Å²) in [5.74, 6) is -0.814. The summed E-state index contributed by atoms with van der Waals surface area (Å²) in [6, 6.07) is 0. The Kier molecular flexibility index (Phi) is 11.5. The molecule has 0 aromatic rings. The number of carboxylic acid groups (broad SMARTS) is 1. The van der Waals surface area contributed by atoms with E-state index in [1.165, 1.54) is 0 Å². The van der Waals surface area contributed by atoms with Crippen molar-refractivity contribution in [2.45, 2.75) is 19.8 Å². The van der Waals surface area contributed by atoms with Gasteiger partial charge < -0.3 is 5.11 Å². The van der Waals surface area contributed by atoms with E-state index in [0.29, 0.717) is 0 Å². The summed E-state index contributed by atoms with van der Waals surface area (Å²) < 4.78 is 0. The SMILES string of the molecule is CC=CC=CC=CCC=CC=CC=CCC(=O)O. The monoisotopic (exact) mass is 244 g/mol. The Morgan fingerprint density at radius 1 is 0.833 bits per heavy atom. The highest BCUT2D eigenvalue weighted by Crippen LogP contribution is 1.90. The van der Waals surface area contributed by atoms with Crippen molar-refractivity contribution < 1.29 is 9.90 Å². The maximum Gasteiger partial charge on any atom is 0.307 e. The number of rotatable bonds is 8. The lowest BCUT2D eigenvalue weighted by Crippen LogP contribution is -1.89. The lowest BCUT2D eigenvalue weighted by atomic mass is 10.3. The molecule has 2 nitrogen and oxygen atoms in total. The molecule has 2 heteroatoms. The highest BCUT2D eigenvalue weighted by molar-refractivity contribution is 5.68. The third-order valence-electron chi connectivity index (χ3n) is 1.83. The Morgan fingerprint density at radius 3 is 1.83 bits per heavy atom. The first kappa shape index (κ1) is 15.9. The second kappa shape index (κ2) is 13.0. The zero-order chi connectivity index (χ0) is 13.5. The highest BCUT2D eigenvalue weighted by Gasteiger charge is 1.86. The average Bonchev–Trinajstić information content (AvgIpc) is 2.34. The van der Waals surface area contributed by atoms with Crippen LogP contribution in [0.4, 0.5) is 0 Å². The Labute approximate surface area is 109 Å². The molecule has 0 aliphatic rings. The molecule has 0 unspecified atom stereocenters. The zero-order valence-corrected chi connectivity index (χ0v) is 10.7. The maximum absolute atomic E-state index is 10.2. The van der Waals surface area contributed by atoms with Gasteiger partial charge in [0.25, 0.3) is 0 Å². The molecule has 0 bridgehead atoms. The number of aliphatic carboxylic acids is 1. The van der Waals surface area contributed by atoms with E-state index in [1.54, 1.807) is 12.2 Å². The summed E-state index contributed by atoms with van der Waals surface area (Å²) >= 11 is 0. The maximum atomic E-state index is 10.2. The standard InChI is InChI=1S/C16H20O2/c1-2-3-4-5-6-7-8-9-10-11-12-13-14-15-16(17)18/h2-7,9-14H,8,15H2,1H3,(H,17,18). The molecule has 18 heavy (non-hydrogen) atoms. The van der Waals surface area contributed by atoms with Gasteiger partial charge in [0.2, 0.25) is 0 Å². The van der Waals surface area contributed by atoms with Crippen LogP contribution in [0.1, 0.15) is 19.8 Å². The number of allylic oxidation sites excluding steroid dienone is 11. The van der Waals surface area contributed by atoms with Crippen molar-refractivity contribution in [2.75, 3.05) is 0 Å². The van der Waals surface area contributed by atoms with Crippen LogP contribution in [0.25, 0.3) is 0 Å². The number of hydrogen-bond donors (Lipinski definition) is 1. The predicted molar refractivity (Wildman–Crippen MR) is 77.4 cm³/mol. The van der Waals surface area contributed by atoms with Crippen molar-refractivity contribution in [3.8, 4) is 0 Å². The molecular formula is C16H20O2. The van der Waals surface area contributed by atoms with Crippen molar-refractivity contribution in [1.82, 2.24) is 0 Å². The Balaban J connectivity index is 3.68. The molecule has 0 radical (unpaired) electrons. The minimum Gasteiger partial charge on any atom is -0.481 e. The Hall–Kier alpha value is -2.09. The second-order valence-corrected chi connectivity index (χ2v) is 3.41. The van der Waals surface area contributed by atoms with E-state index in [9.17, 15) is 4.79 Å². The summed E-state index contributed by atoms with van der Waals surface area (Å²) in [5.41, 5.74) is 0. The number of carboxylic acids is 1. The van der Waals surface area contributed by atoms with E-state index < -0.39 is 5.97 Å². The minimum atomic E-state index is -0.814. The van der Waals surface area contributed by atoms with Crippen LogP contribution in [0, 0.1) is 0 Å². The first-order valence-corrected chi connectivity index (χ1v) is 5.92. The molecule has 0 heterocycles. The fraction of sp³-hybridized carbons (Fsp3) is 0.188. The van der Waals surface area contributed by atoms with Crippen LogP contribution in [0.15, 0.2) is 72.9 Å². The molecule has 0 atom stereocenters. The molecule has 96 valence electrons. The van der Waals surface area contributed by atoms with Crippen LogP contribution in [0.2, 0.25) is 0 Å². The number of carbonyl (C=O) groups is 1. The van der Waals surface area contributed by atoms with Gasteiger partial charge in [0.05, 0.1) is 6.42 Å². The summed E-state index contributed by atoms with van der Waals surface area (Å²) in [5, 5.41) is 8.38. The molecule has 0 fully saturated rings.